The first-order valence-electron chi connectivity index (χ1n) is 5.86. The van der Waals surface area contributed by atoms with Gasteiger partial charge < -0.3 is 9.47 Å². The van der Waals surface area contributed by atoms with E-state index in [4.69, 9.17) is 9.47 Å². The van der Waals surface area contributed by atoms with E-state index in [1.807, 2.05) is 30.3 Å². The van der Waals surface area contributed by atoms with Crippen LogP contribution >= 0.6 is 15.9 Å². The van der Waals surface area contributed by atoms with E-state index in [9.17, 15) is 0 Å². The van der Waals surface area contributed by atoms with Crippen molar-refractivity contribution in [3.8, 4) is 11.5 Å². The number of benzene rings is 1. The molecule has 5 nitrogen and oxygen atoms in total. The third-order valence-electron chi connectivity index (χ3n) is 2.52. The van der Waals surface area contributed by atoms with Gasteiger partial charge in [0.2, 0.25) is 0 Å². The minimum absolute atomic E-state index is 0.627. The van der Waals surface area contributed by atoms with Crippen LogP contribution in [-0.2, 0) is 0 Å². The normalized spacial score (nSPS) is 10.6. The van der Waals surface area contributed by atoms with E-state index in [1.165, 1.54) is 0 Å². The summed E-state index contributed by atoms with van der Waals surface area (Å²) in [5, 5.41) is 4.14. The molecule has 0 radical (unpaired) electrons. The Kier molecular flexibility index (Phi) is 4.95. The maximum absolute atomic E-state index is 5.34. The SMILES string of the molecule is COc1cc(Br)cc(/C=N/Nc2ccccn2)c1OC. The number of pyridine rings is 1. The van der Waals surface area contributed by atoms with Crippen LogP contribution in [0.2, 0.25) is 0 Å². The maximum atomic E-state index is 5.34. The summed E-state index contributed by atoms with van der Waals surface area (Å²) in [5.41, 5.74) is 3.64. The zero-order valence-corrected chi connectivity index (χ0v) is 12.7. The fourth-order valence-electron chi connectivity index (χ4n) is 1.65. The van der Waals surface area contributed by atoms with Crippen molar-refractivity contribution in [2.45, 2.75) is 0 Å². The van der Waals surface area contributed by atoms with Crippen LogP contribution in [0.1, 0.15) is 5.56 Å². The second-order valence-corrected chi connectivity index (χ2v) is 4.73. The molecule has 0 amide bonds. The first kappa shape index (κ1) is 14.3. The van der Waals surface area contributed by atoms with Crippen LogP contribution < -0.4 is 14.9 Å². The average molecular weight is 336 g/mol. The van der Waals surface area contributed by atoms with Crippen molar-refractivity contribution >= 4 is 28.0 Å². The van der Waals surface area contributed by atoms with Gasteiger partial charge in [0.05, 0.1) is 20.4 Å². The molecule has 1 N–H and O–H groups in total. The van der Waals surface area contributed by atoms with E-state index >= 15 is 0 Å². The summed E-state index contributed by atoms with van der Waals surface area (Å²) in [7, 11) is 3.19. The minimum Gasteiger partial charge on any atom is -0.493 e. The molecule has 0 unspecified atom stereocenters. The van der Waals surface area contributed by atoms with Gasteiger partial charge in [0.25, 0.3) is 0 Å². The lowest BCUT2D eigenvalue weighted by Crippen LogP contribution is -1.98. The number of anilines is 1. The predicted molar refractivity (Wildman–Crippen MR) is 82.7 cm³/mol. The summed E-state index contributed by atoms with van der Waals surface area (Å²) in [6.45, 7) is 0. The molecule has 0 saturated heterocycles. The molecular weight excluding hydrogens is 322 g/mol. The number of methoxy groups -OCH3 is 2. The molecule has 2 rings (SSSR count). The summed E-state index contributed by atoms with van der Waals surface area (Å²) in [5.74, 6) is 1.94. The summed E-state index contributed by atoms with van der Waals surface area (Å²) < 4.78 is 11.5. The number of nitrogens with one attached hydrogen (secondary N) is 1. The van der Waals surface area contributed by atoms with Gasteiger partial charge in [-0.3, -0.25) is 5.43 Å². The third-order valence-corrected chi connectivity index (χ3v) is 2.98. The third kappa shape index (κ3) is 3.48. The summed E-state index contributed by atoms with van der Waals surface area (Å²) >= 11 is 3.42. The fourth-order valence-corrected chi connectivity index (χ4v) is 2.11. The molecule has 20 heavy (non-hydrogen) atoms. The number of hydrogen-bond donors (Lipinski definition) is 1. The lowest BCUT2D eigenvalue weighted by Gasteiger charge is -2.10. The maximum Gasteiger partial charge on any atom is 0.169 e. The smallest absolute Gasteiger partial charge is 0.169 e. The van der Waals surface area contributed by atoms with Gasteiger partial charge in [-0.25, -0.2) is 4.98 Å². The number of halogens is 1. The molecule has 1 heterocycles. The number of hydrogen-bond acceptors (Lipinski definition) is 5. The van der Waals surface area contributed by atoms with Crippen LogP contribution in [0.5, 0.6) is 11.5 Å². The van der Waals surface area contributed by atoms with Gasteiger partial charge in [-0.2, -0.15) is 5.10 Å². The van der Waals surface area contributed by atoms with Crippen LogP contribution in [0.15, 0.2) is 46.1 Å². The predicted octanol–water partition coefficient (Wildman–Crippen LogP) is 3.31. The second kappa shape index (κ2) is 6.91. The molecule has 0 aliphatic heterocycles. The summed E-state index contributed by atoms with van der Waals surface area (Å²) in [6.07, 6.45) is 3.35. The van der Waals surface area contributed by atoms with Crippen molar-refractivity contribution in [1.82, 2.24) is 4.98 Å². The standard InChI is InChI=1S/C14H14BrN3O2/c1-19-12-8-11(15)7-10(14(12)20-2)9-17-18-13-5-3-4-6-16-13/h3-9H,1-2H3,(H,16,18)/b17-9+. The highest BCUT2D eigenvalue weighted by Crippen LogP contribution is 2.33. The van der Waals surface area contributed by atoms with Gasteiger partial charge in [-0.1, -0.05) is 22.0 Å². The minimum atomic E-state index is 0.627. The zero-order valence-electron chi connectivity index (χ0n) is 11.1. The van der Waals surface area contributed by atoms with Gasteiger partial charge in [0, 0.05) is 16.2 Å². The summed E-state index contributed by atoms with van der Waals surface area (Å²) in [6, 6.07) is 9.29. The lowest BCUT2D eigenvalue weighted by molar-refractivity contribution is 0.354. The Morgan fingerprint density at radius 1 is 1.25 bits per heavy atom. The van der Waals surface area contributed by atoms with E-state index in [-0.39, 0.29) is 0 Å². The van der Waals surface area contributed by atoms with E-state index in [0.717, 1.165) is 10.0 Å². The molecule has 2 aromatic rings. The molecule has 0 aliphatic rings. The zero-order chi connectivity index (χ0) is 14.4. The first-order chi connectivity index (χ1) is 9.74. The average Bonchev–Trinajstić information content (AvgIpc) is 2.47. The van der Waals surface area contributed by atoms with E-state index in [0.29, 0.717) is 17.3 Å². The largest absolute Gasteiger partial charge is 0.493 e. The molecule has 6 heteroatoms. The number of ether oxygens (including phenoxy) is 2. The molecule has 104 valence electrons. The van der Waals surface area contributed by atoms with E-state index in [2.05, 4.69) is 31.4 Å². The Balaban J connectivity index is 2.22. The topological polar surface area (TPSA) is 55.7 Å². The van der Waals surface area contributed by atoms with Crippen LogP contribution in [0.3, 0.4) is 0 Å². The van der Waals surface area contributed by atoms with Crippen molar-refractivity contribution < 1.29 is 9.47 Å². The Labute approximate surface area is 125 Å². The van der Waals surface area contributed by atoms with Gasteiger partial charge in [-0.15, -0.1) is 0 Å². The monoisotopic (exact) mass is 335 g/mol. The molecule has 1 aromatic heterocycles. The molecule has 0 saturated carbocycles. The number of rotatable bonds is 5. The van der Waals surface area contributed by atoms with Crippen LogP contribution in [-0.4, -0.2) is 25.4 Å². The molecule has 0 atom stereocenters. The Morgan fingerprint density at radius 2 is 2.10 bits per heavy atom. The molecule has 0 fully saturated rings. The molecule has 0 aliphatic carbocycles. The highest BCUT2D eigenvalue weighted by atomic mass is 79.9. The fraction of sp³-hybridized carbons (Fsp3) is 0.143. The highest BCUT2D eigenvalue weighted by Gasteiger charge is 2.10. The van der Waals surface area contributed by atoms with Crippen molar-refractivity contribution in [1.29, 1.82) is 0 Å². The Hall–Kier alpha value is -2.08. The Bertz CT molecular complexity index is 603. The van der Waals surface area contributed by atoms with Crippen molar-refractivity contribution in [2.24, 2.45) is 5.10 Å². The van der Waals surface area contributed by atoms with Crippen molar-refractivity contribution in [3.05, 3.63) is 46.6 Å². The van der Waals surface area contributed by atoms with Crippen LogP contribution in [0, 0.1) is 0 Å². The van der Waals surface area contributed by atoms with Crippen LogP contribution in [0.25, 0.3) is 0 Å². The van der Waals surface area contributed by atoms with E-state index < -0.39 is 0 Å². The molecule has 0 bridgehead atoms. The highest BCUT2D eigenvalue weighted by molar-refractivity contribution is 9.10. The van der Waals surface area contributed by atoms with E-state index in [1.54, 1.807) is 26.6 Å². The van der Waals surface area contributed by atoms with Gasteiger partial charge in [0.15, 0.2) is 11.5 Å². The second-order valence-electron chi connectivity index (χ2n) is 3.82. The quantitative estimate of drug-likeness (QED) is 0.672. The van der Waals surface area contributed by atoms with Crippen molar-refractivity contribution in [3.63, 3.8) is 0 Å². The molecule has 1 aromatic carbocycles. The molecule has 0 spiro atoms. The number of hydrazone groups is 1. The first-order valence-corrected chi connectivity index (χ1v) is 6.65. The summed E-state index contributed by atoms with van der Waals surface area (Å²) in [4.78, 5) is 4.11. The van der Waals surface area contributed by atoms with Gasteiger partial charge >= 0.3 is 0 Å². The Morgan fingerprint density at radius 3 is 2.75 bits per heavy atom. The number of nitrogens with zero attached hydrogens (tertiary/aromatic N) is 2. The van der Waals surface area contributed by atoms with Gasteiger partial charge in [0.1, 0.15) is 5.82 Å². The van der Waals surface area contributed by atoms with Crippen LogP contribution in [0.4, 0.5) is 5.82 Å². The van der Waals surface area contributed by atoms with Crippen molar-refractivity contribution in [2.75, 3.05) is 19.6 Å². The van der Waals surface area contributed by atoms with Gasteiger partial charge in [-0.05, 0) is 24.3 Å². The number of aromatic nitrogens is 1. The lowest BCUT2D eigenvalue weighted by atomic mass is 10.2. The molecular formula is C14H14BrN3O2.